The maximum Gasteiger partial charge on any atom is 0.271 e. The third-order valence-corrected chi connectivity index (χ3v) is 4.14. The van der Waals surface area contributed by atoms with Crippen molar-refractivity contribution in [3.8, 4) is 0 Å². The van der Waals surface area contributed by atoms with Crippen molar-refractivity contribution in [1.82, 2.24) is 20.6 Å². The highest BCUT2D eigenvalue weighted by atomic mass is 35.5. The van der Waals surface area contributed by atoms with Crippen LogP contribution in [0, 0.1) is 5.82 Å². The average molecular weight is 365 g/mol. The summed E-state index contributed by atoms with van der Waals surface area (Å²) in [4.78, 5) is 20.1. The van der Waals surface area contributed by atoms with Gasteiger partial charge < -0.3 is 10.6 Å². The molecular weight excluding hydrogens is 350 g/mol. The molecule has 0 atom stereocenters. The molecule has 22 heavy (non-hydrogen) atoms. The topological polar surface area (TPSA) is 66.9 Å². The smallest absolute Gasteiger partial charge is 0.271 e. The van der Waals surface area contributed by atoms with E-state index in [1.165, 1.54) is 29.7 Å². The van der Waals surface area contributed by atoms with E-state index in [-0.39, 0.29) is 43.0 Å². The lowest BCUT2D eigenvalue weighted by Crippen LogP contribution is -2.39. The van der Waals surface area contributed by atoms with Crippen LogP contribution in [0.4, 0.5) is 4.39 Å². The van der Waals surface area contributed by atoms with E-state index >= 15 is 0 Å². The van der Waals surface area contributed by atoms with E-state index in [0.717, 1.165) is 18.1 Å². The van der Waals surface area contributed by atoms with Crippen LogP contribution < -0.4 is 10.6 Å². The summed E-state index contributed by atoms with van der Waals surface area (Å²) in [6, 6.07) is 2.83. The normalized spacial score (nSPS) is 13.5. The molecule has 120 valence electrons. The van der Waals surface area contributed by atoms with Gasteiger partial charge in [-0.2, -0.15) is 0 Å². The van der Waals surface area contributed by atoms with Gasteiger partial charge in [-0.1, -0.05) is 0 Å². The fraction of sp³-hybridized carbons (Fsp3) is 0.308. The first-order valence-electron chi connectivity index (χ1n) is 6.28. The number of aromatic nitrogens is 2. The number of hydrogen-bond donors (Lipinski definition) is 2. The molecule has 5 nitrogen and oxygen atoms in total. The zero-order valence-corrected chi connectivity index (χ0v) is 13.9. The number of nitrogens with one attached hydrogen (secondary N) is 2. The summed E-state index contributed by atoms with van der Waals surface area (Å²) in [6.45, 7) is 1.88. The molecule has 0 saturated carbocycles. The molecular formula is C13H15Cl2FN4OS. The number of carbonyl (C=O) groups excluding carboxylic acids is 1. The Bertz CT molecular complexity index is 636. The van der Waals surface area contributed by atoms with E-state index < -0.39 is 5.82 Å². The number of thiazole rings is 1. The number of nitrogens with zero attached hydrogens (tertiary/aromatic N) is 2. The molecule has 0 radical (unpaired) electrons. The number of pyridine rings is 1. The van der Waals surface area contributed by atoms with Crippen LogP contribution in [0.3, 0.4) is 0 Å². The average Bonchev–Trinajstić information content (AvgIpc) is 2.85. The Morgan fingerprint density at radius 2 is 2.23 bits per heavy atom. The standard InChI is InChI=1S/C13H13FN4OS.2ClH/c14-9-2-1-3-16-10(9)6-17-12(19)11-7-20-13(18-11)8-4-15-5-8;;/h1-3,7-8,15H,4-6H2,(H,17,19);2*1H. The van der Waals surface area contributed by atoms with Gasteiger partial charge >= 0.3 is 0 Å². The van der Waals surface area contributed by atoms with Crippen molar-refractivity contribution in [2.24, 2.45) is 0 Å². The molecule has 0 aromatic carbocycles. The van der Waals surface area contributed by atoms with E-state index in [1.807, 2.05) is 0 Å². The minimum atomic E-state index is -0.424. The van der Waals surface area contributed by atoms with Gasteiger partial charge in [0.2, 0.25) is 0 Å². The molecule has 0 spiro atoms. The van der Waals surface area contributed by atoms with Crippen LogP contribution in [-0.4, -0.2) is 29.0 Å². The summed E-state index contributed by atoms with van der Waals surface area (Å²) < 4.78 is 13.4. The molecule has 1 saturated heterocycles. The lowest BCUT2D eigenvalue weighted by molar-refractivity contribution is 0.0945. The van der Waals surface area contributed by atoms with E-state index in [9.17, 15) is 9.18 Å². The first-order chi connectivity index (χ1) is 9.74. The van der Waals surface area contributed by atoms with Crippen molar-refractivity contribution in [1.29, 1.82) is 0 Å². The third kappa shape index (κ3) is 4.13. The van der Waals surface area contributed by atoms with E-state index in [2.05, 4.69) is 20.6 Å². The fourth-order valence-electron chi connectivity index (χ4n) is 1.85. The molecule has 1 aliphatic rings. The lowest BCUT2D eigenvalue weighted by Gasteiger charge is -2.24. The first-order valence-corrected chi connectivity index (χ1v) is 7.16. The van der Waals surface area contributed by atoms with Crippen molar-refractivity contribution in [3.63, 3.8) is 0 Å². The second kappa shape index (κ2) is 8.38. The third-order valence-electron chi connectivity index (χ3n) is 3.14. The first kappa shape index (κ1) is 18.8. The molecule has 3 rings (SSSR count). The molecule has 3 heterocycles. The Labute approximate surface area is 143 Å². The number of hydrogen-bond acceptors (Lipinski definition) is 5. The largest absolute Gasteiger partial charge is 0.345 e. The van der Waals surface area contributed by atoms with Gasteiger partial charge in [-0.05, 0) is 12.1 Å². The Morgan fingerprint density at radius 1 is 1.45 bits per heavy atom. The Hall–Kier alpha value is -1.28. The van der Waals surface area contributed by atoms with Crippen molar-refractivity contribution < 1.29 is 9.18 Å². The summed E-state index contributed by atoms with van der Waals surface area (Å²) >= 11 is 1.48. The van der Waals surface area contributed by atoms with Gasteiger partial charge in [-0.25, -0.2) is 9.37 Å². The molecule has 0 aliphatic carbocycles. The van der Waals surface area contributed by atoms with E-state index in [4.69, 9.17) is 0 Å². The predicted molar refractivity (Wildman–Crippen MR) is 87.6 cm³/mol. The number of amides is 1. The maximum absolute atomic E-state index is 13.4. The summed E-state index contributed by atoms with van der Waals surface area (Å²) in [7, 11) is 0. The second-order valence-electron chi connectivity index (χ2n) is 4.54. The highest BCUT2D eigenvalue weighted by Crippen LogP contribution is 2.23. The number of carbonyl (C=O) groups is 1. The molecule has 2 aromatic rings. The molecule has 0 unspecified atom stereocenters. The van der Waals surface area contributed by atoms with Crippen LogP contribution in [0.1, 0.15) is 27.1 Å². The van der Waals surface area contributed by atoms with Crippen molar-refractivity contribution in [2.45, 2.75) is 12.5 Å². The summed E-state index contributed by atoms with van der Waals surface area (Å²) in [5.41, 5.74) is 0.604. The van der Waals surface area contributed by atoms with Crippen LogP contribution in [0.5, 0.6) is 0 Å². The van der Waals surface area contributed by atoms with Gasteiger partial charge in [0.25, 0.3) is 5.91 Å². The Morgan fingerprint density at radius 3 is 2.86 bits per heavy atom. The molecule has 9 heteroatoms. The highest BCUT2D eigenvalue weighted by molar-refractivity contribution is 7.10. The summed E-state index contributed by atoms with van der Waals surface area (Å²) in [5.74, 6) is -0.313. The number of halogens is 3. The lowest BCUT2D eigenvalue weighted by atomic mass is 10.1. The van der Waals surface area contributed by atoms with Gasteiger partial charge in [-0.3, -0.25) is 9.78 Å². The molecule has 1 aliphatic heterocycles. The van der Waals surface area contributed by atoms with Crippen molar-refractivity contribution in [3.05, 3.63) is 45.9 Å². The van der Waals surface area contributed by atoms with Gasteiger partial charge in [0.1, 0.15) is 11.5 Å². The molecule has 1 amide bonds. The number of rotatable bonds is 4. The van der Waals surface area contributed by atoms with E-state index in [1.54, 1.807) is 5.38 Å². The van der Waals surface area contributed by atoms with Crippen LogP contribution in [0.15, 0.2) is 23.7 Å². The zero-order valence-electron chi connectivity index (χ0n) is 11.4. The Kier molecular flexibility index (Phi) is 7.15. The SMILES string of the molecule is Cl.Cl.O=C(NCc1ncccc1F)c1csc(C2CNC2)n1. The van der Waals surface area contributed by atoms with Crippen LogP contribution in [-0.2, 0) is 6.54 Å². The molecule has 2 aromatic heterocycles. The Balaban J connectivity index is 0.00000121. The molecule has 0 bridgehead atoms. The van der Waals surface area contributed by atoms with Crippen LogP contribution in [0.25, 0.3) is 0 Å². The van der Waals surface area contributed by atoms with Crippen LogP contribution >= 0.6 is 36.2 Å². The minimum absolute atomic E-state index is 0. The maximum atomic E-state index is 13.4. The van der Waals surface area contributed by atoms with Gasteiger partial charge in [0.05, 0.1) is 17.2 Å². The predicted octanol–water partition coefficient (Wildman–Crippen LogP) is 2.14. The minimum Gasteiger partial charge on any atom is -0.345 e. The molecule has 1 fully saturated rings. The fourth-order valence-corrected chi connectivity index (χ4v) is 2.75. The summed E-state index contributed by atoms with van der Waals surface area (Å²) in [6.07, 6.45) is 1.50. The van der Waals surface area contributed by atoms with Crippen LogP contribution in [0.2, 0.25) is 0 Å². The molecule has 2 N–H and O–H groups in total. The quantitative estimate of drug-likeness (QED) is 0.871. The van der Waals surface area contributed by atoms with E-state index in [0.29, 0.717) is 11.6 Å². The van der Waals surface area contributed by atoms with Gasteiger partial charge in [0, 0.05) is 30.6 Å². The van der Waals surface area contributed by atoms with Gasteiger partial charge in [-0.15, -0.1) is 36.2 Å². The summed E-state index contributed by atoms with van der Waals surface area (Å²) in [5, 5.41) is 8.50. The van der Waals surface area contributed by atoms with Crippen molar-refractivity contribution in [2.75, 3.05) is 13.1 Å². The van der Waals surface area contributed by atoms with Crippen molar-refractivity contribution >= 4 is 42.1 Å². The highest BCUT2D eigenvalue weighted by Gasteiger charge is 2.23. The second-order valence-corrected chi connectivity index (χ2v) is 5.43. The van der Waals surface area contributed by atoms with Gasteiger partial charge in [0.15, 0.2) is 0 Å². The zero-order chi connectivity index (χ0) is 13.9. The monoisotopic (exact) mass is 364 g/mol.